The molecule has 0 unspecified atom stereocenters. The third kappa shape index (κ3) is 2.58. The minimum Gasteiger partial charge on any atom is -0.340 e. The summed E-state index contributed by atoms with van der Waals surface area (Å²) in [5.74, 6) is 0.788. The number of aromatic nitrogens is 2. The second kappa shape index (κ2) is 4.61. The summed E-state index contributed by atoms with van der Waals surface area (Å²) in [6, 6.07) is 8.14. The Hall–Kier alpha value is -1.42. The van der Waals surface area contributed by atoms with Crippen LogP contribution in [-0.2, 0) is 0 Å². The lowest BCUT2D eigenvalue weighted by molar-refractivity contribution is 1.14. The third-order valence-corrected chi connectivity index (χ3v) is 2.72. The van der Waals surface area contributed by atoms with E-state index < -0.39 is 0 Å². The van der Waals surface area contributed by atoms with Gasteiger partial charge < -0.3 is 5.32 Å². The Morgan fingerprint density at radius 2 is 1.94 bits per heavy atom. The van der Waals surface area contributed by atoms with Crippen LogP contribution in [0.3, 0.4) is 0 Å². The largest absolute Gasteiger partial charge is 0.340 e. The molecule has 0 saturated carbocycles. The van der Waals surface area contributed by atoms with Gasteiger partial charge in [0.25, 0.3) is 0 Å². The van der Waals surface area contributed by atoms with E-state index in [4.69, 9.17) is 0 Å². The molecular formula is C12H12BrN3. The molecule has 0 aliphatic carbocycles. The lowest BCUT2D eigenvalue weighted by Gasteiger charge is -2.09. The van der Waals surface area contributed by atoms with Gasteiger partial charge >= 0.3 is 0 Å². The minimum absolute atomic E-state index is 0.773. The van der Waals surface area contributed by atoms with Gasteiger partial charge in [0.1, 0.15) is 16.7 Å². The molecule has 0 radical (unpaired) electrons. The van der Waals surface area contributed by atoms with Crippen LogP contribution in [0.4, 0.5) is 11.5 Å². The summed E-state index contributed by atoms with van der Waals surface area (Å²) in [6.45, 7) is 4.14. The Morgan fingerprint density at radius 1 is 1.12 bits per heavy atom. The molecule has 0 amide bonds. The van der Waals surface area contributed by atoms with Gasteiger partial charge in [-0.2, -0.15) is 0 Å². The highest BCUT2D eigenvalue weighted by molar-refractivity contribution is 9.10. The lowest BCUT2D eigenvalue weighted by Crippen LogP contribution is -1.96. The molecule has 0 saturated heterocycles. The zero-order valence-electron chi connectivity index (χ0n) is 9.16. The number of hydrogen-bond acceptors (Lipinski definition) is 3. The van der Waals surface area contributed by atoms with E-state index in [2.05, 4.69) is 63.3 Å². The summed E-state index contributed by atoms with van der Waals surface area (Å²) in [4.78, 5) is 8.14. The SMILES string of the molecule is Cc1ccc(C)c(Nc2cc(Br)ncn2)c1. The predicted molar refractivity (Wildman–Crippen MR) is 68.9 cm³/mol. The van der Waals surface area contributed by atoms with Crippen LogP contribution in [0.25, 0.3) is 0 Å². The van der Waals surface area contributed by atoms with Crippen LogP contribution in [0.5, 0.6) is 0 Å². The fourth-order valence-electron chi connectivity index (χ4n) is 1.41. The van der Waals surface area contributed by atoms with Crippen LogP contribution >= 0.6 is 15.9 Å². The molecule has 3 nitrogen and oxygen atoms in total. The van der Waals surface area contributed by atoms with Gasteiger partial charge in [-0.15, -0.1) is 0 Å². The highest BCUT2D eigenvalue weighted by Crippen LogP contribution is 2.21. The zero-order chi connectivity index (χ0) is 11.5. The summed E-state index contributed by atoms with van der Waals surface area (Å²) in [7, 11) is 0. The number of halogens is 1. The lowest BCUT2D eigenvalue weighted by atomic mass is 10.1. The molecule has 2 rings (SSSR count). The van der Waals surface area contributed by atoms with Crippen LogP contribution < -0.4 is 5.32 Å². The molecule has 1 heterocycles. The van der Waals surface area contributed by atoms with Gasteiger partial charge in [-0.05, 0) is 47.0 Å². The highest BCUT2D eigenvalue weighted by atomic mass is 79.9. The van der Waals surface area contributed by atoms with Gasteiger partial charge in [0.15, 0.2) is 0 Å². The van der Waals surface area contributed by atoms with Crippen LogP contribution in [0, 0.1) is 13.8 Å². The second-order valence-electron chi connectivity index (χ2n) is 3.67. The Morgan fingerprint density at radius 3 is 2.69 bits per heavy atom. The number of anilines is 2. The first-order valence-electron chi connectivity index (χ1n) is 4.97. The number of nitrogens with one attached hydrogen (secondary N) is 1. The summed E-state index contributed by atoms with van der Waals surface area (Å²) >= 11 is 3.32. The van der Waals surface area contributed by atoms with Gasteiger partial charge in [-0.3, -0.25) is 0 Å². The smallest absolute Gasteiger partial charge is 0.134 e. The van der Waals surface area contributed by atoms with E-state index in [1.807, 2.05) is 6.07 Å². The molecular weight excluding hydrogens is 266 g/mol. The van der Waals surface area contributed by atoms with Crippen molar-refractivity contribution in [3.05, 3.63) is 46.3 Å². The van der Waals surface area contributed by atoms with Crippen LogP contribution in [0.2, 0.25) is 0 Å². The van der Waals surface area contributed by atoms with Crippen molar-refractivity contribution >= 4 is 27.4 Å². The van der Waals surface area contributed by atoms with Crippen molar-refractivity contribution in [2.24, 2.45) is 0 Å². The fraction of sp³-hybridized carbons (Fsp3) is 0.167. The first-order chi connectivity index (χ1) is 7.65. The van der Waals surface area contributed by atoms with Gasteiger partial charge in [0.05, 0.1) is 0 Å². The number of aryl methyl sites for hydroxylation is 2. The third-order valence-electron chi connectivity index (χ3n) is 2.29. The molecule has 0 fully saturated rings. The molecule has 0 bridgehead atoms. The quantitative estimate of drug-likeness (QED) is 0.853. The van der Waals surface area contributed by atoms with Crippen molar-refractivity contribution in [1.82, 2.24) is 9.97 Å². The van der Waals surface area contributed by atoms with E-state index in [9.17, 15) is 0 Å². The molecule has 1 aromatic heterocycles. The summed E-state index contributed by atoms with van der Waals surface area (Å²) in [5, 5.41) is 3.27. The molecule has 1 N–H and O–H groups in total. The standard InChI is InChI=1S/C12H12BrN3/c1-8-3-4-9(2)10(5-8)16-12-6-11(13)14-7-15-12/h3-7H,1-2H3,(H,14,15,16). The maximum absolute atomic E-state index is 4.15. The Kier molecular flexibility index (Phi) is 3.19. The molecule has 0 aliphatic heterocycles. The van der Waals surface area contributed by atoms with Gasteiger partial charge in [0.2, 0.25) is 0 Å². The number of nitrogens with zero attached hydrogens (tertiary/aromatic N) is 2. The number of hydrogen-bond donors (Lipinski definition) is 1. The molecule has 2 aromatic rings. The summed E-state index contributed by atoms with van der Waals surface area (Å²) < 4.78 is 0.773. The molecule has 0 spiro atoms. The van der Waals surface area contributed by atoms with E-state index in [1.165, 1.54) is 17.5 Å². The van der Waals surface area contributed by atoms with Crippen LogP contribution in [0.1, 0.15) is 11.1 Å². The van der Waals surface area contributed by atoms with Crippen molar-refractivity contribution in [2.45, 2.75) is 13.8 Å². The van der Waals surface area contributed by atoms with E-state index in [1.54, 1.807) is 0 Å². The molecule has 82 valence electrons. The monoisotopic (exact) mass is 277 g/mol. The maximum Gasteiger partial charge on any atom is 0.134 e. The minimum atomic E-state index is 0.773. The van der Waals surface area contributed by atoms with Gasteiger partial charge in [-0.1, -0.05) is 12.1 Å². The summed E-state index contributed by atoms with van der Waals surface area (Å²) in [5.41, 5.74) is 3.49. The first kappa shape index (κ1) is 11.1. The summed E-state index contributed by atoms with van der Waals surface area (Å²) in [6.07, 6.45) is 1.53. The first-order valence-corrected chi connectivity index (χ1v) is 5.76. The van der Waals surface area contributed by atoms with E-state index in [0.29, 0.717) is 0 Å². The number of benzene rings is 1. The highest BCUT2D eigenvalue weighted by Gasteiger charge is 2.01. The normalized spacial score (nSPS) is 10.2. The van der Waals surface area contributed by atoms with Gasteiger partial charge in [0, 0.05) is 11.8 Å². The van der Waals surface area contributed by atoms with Crippen molar-refractivity contribution in [3.8, 4) is 0 Å². The van der Waals surface area contributed by atoms with Crippen LogP contribution in [-0.4, -0.2) is 9.97 Å². The Balaban J connectivity index is 2.30. The Labute approximate surface area is 103 Å². The van der Waals surface area contributed by atoms with E-state index in [0.717, 1.165) is 16.1 Å². The van der Waals surface area contributed by atoms with Crippen molar-refractivity contribution in [2.75, 3.05) is 5.32 Å². The topological polar surface area (TPSA) is 37.8 Å². The molecule has 0 aliphatic rings. The van der Waals surface area contributed by atoms with Crippen molar-refractivity contribution in [3.63, 3.8) is 0 Å². The fourth-order valence-corrected chi connectivity index (χ4v) is 1.72. The molecule has 4 heteroatoms. The van der Waals surface area contributed by atoms with Crippen molar-refractivity contribution in [1.29, 1.82) is 0 Å². The Bertz CT molecular complexity index is 511. The molecule has 16 heavy (non-hydrogen) atoms. The average Bonchev–Trinajstić information content (AvgIpc) is 2.24. The predicted octanol–water partition coefficient (Wildman–Crippen LogP) is 3.60. The molecule has 1 aromatic carbocycles. The van der Waals surface area contributed by atoms with Gasteiger partial charge in [-0.25, -0.2) is 9.97 Å². The maximum atomic E-state index is 4.15. The van der Waals surface area contributed by atoms with E-state index >= 15 is 0 Å². The van der Waals surface area contributed by atoms with Crippen LogP contribution in [0.15, 0.2) is 35.2 Å². The molecule has 0 atom stereocenters. The van der Waals surface area contributed by atoms with E-state index in [-0.39, 0.29) is 0 Å². The zero-order valence-corrected chi connectivity index (χ0v) is 10.7. The number of rotatable bonds is 2. The van der Waals surface area contributed by atoms with Crippen molar-refractivity contribution < 1.29 is 0 Å². The average molecular weight is 278 g/mol. The second-order valence-corrected chi connectivity index (χ2v) is 4.48.